The van der Waals surface area contributed by atoms with Gasteiger partial charge in [0.2, 0.25) is 0 Å². The molecule has 112 valence electrons. The number of aliphatic hydroxyl groups is 1. The van der Waals surface area contributed by atoms with Crippen molar-refractivity contribution >= 4 is 8.80 Å². The Labute approximate surface area is 125 Å². The lowest BCUT2D eigenvalue weighted by molar-refractivity contribution is 0.171. The van der Waals surface area contributed by atoms with Gasteiger partial charge in [-0.2, -0.15) is 0 Å². The van der Waals surface area contributed by atoms with Crippen LogP contribution in [0.25, 0.3) is 0 Å². The van der Waals surface area contributed by atoms with Gasteiger partial charge in [0.1, 0.15) is 5.75 Å². The van der Waals surface area contributed by atoms with E-state index in [1.165, 1.54) is 0 Å². The molecular formula is C17H28O2Si. The highest BCUT2D eigenvalue weighted by Gasteiger charge is 2.31. The van der Waals surface area contributed by atoms with Crippen molar-refractivity contribution in [1.29, 1.82) is 0 Å². The molecule has 0 radical (unpaired) electrons. The Hall–Kier alpha value is -1.06. The third kappa shape index (κ3) is 4.49. The summed E-state index contributed by atoms with van der Waals surface area (Å²) in [7, 11) is 0.322. The van der Waals surface area contributed by atoms with Crippen LogP contribution in [0, 0.1) is 5.41 Å². The molecule has 1 N–H and O–H groups in total. The van der Waals surface area contributed by atoms with Crippen molar-refractivity contribution in [1.82, 2.24) is 0 Å². The summed E-state index contributed by atoms with van der Waals surface area (Å²) in [6, 6.07) is 7.77. The summed E-state index contributed by atoms with van der Waals surface area (Å²) in [5.41, 5.74) is 1.17. The van der Waals surface area contributed by atoms with Crippen LogP contribution in [0.4, 0.5) is 0 Å². The molecule has 1 atom stereocenters. The van der Waals surface area contributed by atoms with E-state index in [0.717, 1.165) is 17.7 Å². The molecule has 1 aromatic carbocycles. The average Bonchev–Trinajstić information content (AvgIpc) is 2.36. The minimum atomic E-state index is -1.33. The second kappa shape index (κ2) is 6.59. The predicted octanol–water partition coefficient (Wildman–Crippen LogP) is 3.90. The van der Waals surface area contributed by atoms with Crippen molar-refractivity contribution in [2.75, 3.05) is 7.11 Å². The number of rotatable bonds is 5. The van der Waals surface area contributed by atoms with E-state index in [-0.39, 0.29) is 5.41 Å². The number of ether oxygens (including phenoxy) is 1. The summed E-state index contributed by atoms with van der Waals surface area (Å²) >= 11 is 0. The van der Waals surface area contributed by atoms with Crippen LogP contribution in [0.2, 0.25) is 13.1 Å². The van der Waals surface area contributed by atoms with Gasteiger partial charge in [-0.15, -0.1) is 0 Å². The van der Waals surface area contributed by atoms with Gasteiger partial charge < -0.3 is 9.84 Å². The highest BCUT2D eigenvalue weighted by Crippen LogP contribution is 2.30. The fourth-order valence-corrected chi connectivity index (χ4v) is 3.45. The highest BCUT2D eigenvalue weighted by molar-refractivity contribution is 6.59. The fourth-order valence-electron chi connectivity index (χ4n) is 2.09. The van der Waals surface area contributed by atoms with Crippen molar-refractivity contribution in [3.63, 3.8) is 0 Å². The molecule has 0 aliphatic carbocycles. The predicted molar refractivity (Wildman–Crippen MR) is 89.0 cm³/mol. The zero-order chi connectivity index (χ0) is 15.4. The first-order chi connectivity index (χ1) is 9.19. The zero-order valence-electron chi connectivity index (χ0n) is 13.6. The number of benzene rings is 1. The summed E-state index contributed by atoms with van der Waals surface area (Å²) in [5.74, 6) is 0.791. The maximum Gasteiger partial charge on any atom is 0.119 e. The van der Waals surface area contributed by atoms with Gasteiger partial charge >= 0.3 is 0 Å². The Morgan fingerprint density at radius 1 is 1.25 bits per heavy atom. The molecule has 0 saturated carbocycles. The van der Waals surface area contributed by atoms with Crippen LogP contribution < -0.4 is 4.74 Å². The van der Waals surface area contributed by atoms with Crippen molar-refractivity contribution < 1.29 is 9.84 Å². The van der Waals surface area contributed by atoms with Crippen LogP contribution in [0.5, 0.6) is 5.75 Å². The molecule has 1 aromatic rings. The first-order valence-corrected chi connectivity index (χ1v) is 10.1. The number of hydrogen-bond donors (Lipinski definition) is 1. The van der Waals surface area contributed by atoms with Gasteiger partial charge in [0, 0.05) is 0 Å². The maximum atomic E-state index is 11.1. The molecule has 0 amide bonds. The summed E-state index contributed by atoms with van der Waals surface area (Å²) < 4.78 is 5.27. The molecule has 0 spiro atoms. The van der Waals surface area contributed by atoms with E-state index in [0.29, 0.717) is 0 Å². The smallest absolute Gasteiger partial charge is 0.119 e. The molecule has 20 heavy (non-hydrogen) atoms. The van der Waals surface area contributed by atoms with E-state index in [1.807, 2.05) is 30.3 Å². The van der Waals surface area contributed by atoms with Gasteiger partial charge in [-0.05, 0) is 29.5 Å². The molecule has 1 rings (SSSR count). The van der Waals surface area contributed by atoms with Gasteiger partial charge in [-0.25, -0.2) is 0 Å². The third-order valence-corrected chi connectivity index (χ3v) is 5.80. The molecule has 0 saturated heterocycles. The van der Waals surface area contributed by atoms with Crippen LogP contribution in [-0.2, 0) is 5.22 Å². The van der Waals surface area contributed by atoms with Crippen molar-refractivity contribution in [2.24, 2.45) is 5.41 Å². The highest BCUT2D eigenvalue weighted by atomic mass is 28.3. The third-order valence-electron chi connectivity index (χ3n) is 3.51. The molecule has 1 unspecified atom stereocenters. The molecule has 0 aromatic heterocycles. The van der Waals surface area contributed by atoms with Crippen molar-refractivity contribution in [3.8, 4) is 5.75 Å². The summed E-state index contributed by atoms with van der Waals surface area (Å²) in [6.07, 6.45) is 5.07. The quantitative estimate of drug-likeness (QED) is 0.659. The lowest BCUT2D eigenvalue weighted by Gasteiger charge is -2.29. The van der Waals surface area contributed by atoms with Crippen molar-refractivity contribution in [2.45, 2.75) is 45.5 Å². The van der Waals surface area contributed by atoms with E-state index in [4.69, 9.17) is 4.74 Å². The normalized spacial score (nSPS) is 15.6. The summed E-state index contributed by atoms with van der Waals surface area (Å²) in [4.78, 5) is 0. The van der Waals surface area contributed by atoms with E-state index in [1.54, 1.807) is 7.11 Å². The fraction of sp³-hybridized carbons (Fsp3) is 0.529. The average molecular weight is 292 g/mol. The van der Waals surface area contributed by atoms with Gasteiger partial charge in [0.05, 0.1) is 21.1 Å². The standard InChI is InChI=1S/C17H28O2Si/c1-16(2,3)11-8-12-17(18,20(5)6)14-9-7-10-15(13-14)19-4/h7-10,12-13,18,20H,11H2,1-6H3/b12-8-. The molecule has 0 heterocycles. The monoisotopic (exact) mass is 292 g/mol. The topological polar surface area (TPSA) is 29.5 Å². The van der Waals surface area contributed by atoms with Crippen LogP contribution in [0.1, 0.15) is 32.8 Å². The van der Waals surface area contributed by atoms with E-state index in [9.17, 15) is 5.11 Å². The minimum absolute atomic E-state index is 0.240. The minimum Gasteiger partial charge on any atom is -0.497 e. The largest absolute Gasteiger partial charge is 0.497 e. The van der Waals surface area contributed by atoms with Gasteiger partial charge in [-0.1, -0.05) is 58.2 Å². The molecule has 0 aliphatic rings. The zero-order valence-corrected chi connectivity index (χ0v) is 14.8. The van der Waals surface area contributed by atoms with E-state index < -0.39 is 14.0 Å². The molecule has 0 aliphatic heterocycles. The SMILES string of the molecule is COc1cccc(C(O)(/C=C\CC(C)(C)C)[SiH](C)C)c1. The molecule has 0 bridgehead atoms. The Balaban J connectivity index is 3.08. The second-order valence-electron chi connectivity index (χ2n) is 6.88. The Bertz CT molecular complexity index is 460. The summed E-state index contributed by atoms with van der Waals surface area (Å²) in [5, 5.41) is 10.3. The first-order valence-electron chi connectivity index (χ1n) is 7.23. The Kier molecular flexibility index (Phi) is 5.60. The molecule has 3 heteroatoms. The van der Waals surface area contributed by atoms with Crippen LogP contribution in [-0.4, -0.2) is 21.0 Å². The number of allylic oxidation sites excluding steroid dienone is 1. The van der Waals surface area contributed by atoms with Gasteiger partial charge in [0.15, 0.2) is 0 Å². The van der Waals surface area contributed by atoms with Gasteiger partial charge in [-0.3, -0.25) is 0 Å². The second-order valence-corrected chi connectivity index (χ2v) is 10.1. The Morgan fingerprint density at radius 2 is 1.90 bits per heavy atom. The van der Waals surface area contributed by atoms with Gasteiger partial charge in [0.25, 0.3) is 0 Å². The van der Waals surface area contributed by atoms with E-state index >= 15 is 0 Å². The van der Waals surface area contributed by atoms with Crippen molar-refractivity contribution in [3.05, 3.63) is 42.0 Å². The number of methoxy groups -OCH3 is 1. The van der Waals surface area contributed by atoms with Crippen LogP contribution in [0.3, 0.4) is 0 Å². The first kappa shape index (κ1) is 17.0. The molecule has 2 nitrogen and oxygen atoms in total. The van der Waals surface area contributed by atoms with E-state index in [2.05, 4.69) is 39.9 Å². The van der Waals surface area contributed by atoms with Crippen LogP contribution >= 0.6 is 0 Å². The molecular weight excluding hydrogens is 264 g/mol. The number of hydrogen-bond acceptors (Lipinski definition) is 2. The maximum absolute atomic E-state index is 11.1. The summed E-state index contributed by atoms with van der Waals surface area (Å²) in [6.45, 7) is 10.9. The molecule has 0 fully saturated rings. The lowest BCUT2D eigenvalue weighted by Crippen LogP contribution is -2.37. The Morgan fingerprint density at radius 3 is 2.40 bits per heavy atom. The van der Waals surface area contributed by atoms with Crippen LogP contribution in [0.15, 0.2) is 36.4 Å². The lowest BCUT2D eigenvalue weighted by atomic mass is 9.92.